The van der Waals surface area contributed by atoms with Gasteiger partial charge in [-0.3, -0.25) is 4.99 Å². The highest BCUT2D eigenvalue weighted by Crippen LogP contribution is 2.22. The molecule has 0 atom stereocenters. The van der Waals surface area contributed by atoms with Crippen molar-refractivity contribution in [2.24, 2.45) is 4.99 Å². The van der Waals surface area contributed by atoms with E-state index in [2.05, 4.69) is 69.4 Å². The average Bonchev–Trinajstić information content (AvgIpc) is 2.96. The summed E-state index contributed by atoms with van der Waals surface area (Å²) < 4.78 is 6.82. The normalized spacial score (nSPS) is 12.3. The molecule has 5 nitrogen and oxygen atoms in total. The van der Waals surface area contributed by atoms with Gasteiger partial charge in [-0.2, -0.15) is 0 Å². The maximum atomic E-state index is 5.76. The van der Waals surface area contributed by atoms with E-state index in [4.69, 9.17) is 4.42 Å². The number of hydrogen-bond donors (Lipinski definition) is 2. The maximum Gasteiger partial charge on any atom is 0.213 e. The molecule has 2 rings (SSSR count). The number of guanidine groups is 1. The van der Waals surface area contributed by atoms with E-state index < -0.39 is 0 Å². The predicted octanol–water partition coefficient (Wildman–Crippen LogP) is 3.60. The maximum absolute atomic E-state index is 5.76. The van der Waals surface area contributed by atoms with Gasteiger partial charge in [0.05, 0.1) is 12.7 Å². The second-order valence-electron chi connectivity index (χ2n) is 6.28. The Labute approximate surface area is 145 Å². The Hall–Kier alpha value is -1.82. The fraction of sp³-hybridized carbons (Fsp3) is 0.412. The summed E-state index contributed by atoms with van der Waals surface area (Å²) in [5, 5.41) is 6.48. The molecule has 0 aliphatic carbocycles. The molecule has 124 valence electrons. The largest absolute Gasteiger partial charge is 0.443 e. The summed E-state index contributed by atoms with van der Waals surface area (Å²) in [5.74, 6) is 2.24. The summed E-state index contributed by atoms with van der Waals surface area (Å²) in [6.45, 7) is 7.49. The highest BCUT2D eigenvalue weighted by atomic mass is 79.9. The summed E-state index contributed by atoms with van der Waals surface area (Å²) in [6, 6.07) is 8.16. The van der Waals surface area contributed by atoms with Gasteiger partial charge in [0.1, 0.15) is 5.76 Å². The van der Waals surface area contributed by atoms with Crippen LogP contribution in [0.15, 0.2) is 44.3 Å². The van der Waals surface area contributed by atoms with E-state index in [9.17, 15) is 0 Å². The van der Waals surface area contributed by atoms with Gasteiger partial charge >= 0.3 is 0 Å². The van der Waals surface area contributed by atoms with Crippen molar-refractivity contribution >= 4 is 21.9 Å². The Kier molecular flexibility index (Phi) is 5.82. The first kappa shape index (κ1) is 17.5. The van der Waals surface area contributed by atoms with Crippen molar-refractivity contribution in [3.63, 3.8) is 0 Å². The van der Waals surface area contributed by atoms with Gasteiger partial charge in [0, 0.05) is 23.5 Å². The topological polar surface area (TPSA) is 62.5 Å². The van der Waals surface area contributed by atoms with E-state index in [0.29, 0.717) is 24.9 Å². The molecule has 1 aromatic heterocycles. The SMILES string of the molecule is CN=C(NCc1cccc(Br)c1)NCc1ncc(C(C)(C)C)o1. The van der Waals surface area contributed by atoms with Crippen LogP contribution in [0.2, 0.25) is 0 Å². The van der Waals surface area contributed by atoms with Crippen molar-refractivity contribution in [1.82, 2.24) is 15.6 Å². The van der Waals surface area contributed by atoms with Crippen LogP contribution in [0.4, 0.5) is 0 Å². The summed E-state index contributed by atoms with van der Waals surface area (Å²) in [6.07, 6.45) is 1.79. The molecule has 0 aliphatic rings. The second-order valence-corrected chi connectivity index (χ2v) is 7.19. The van der Waals surface area contributed by atoms with Gasteiger partial charge in [-0.1, -0.05) is 48.8 Å². The molecule has 0 spiro atoms. The number of aromatic nitrogens is 1. The summed E-state index contributed by atoms with van der Waals surface area (Å²) in [4.78, 5) is 8.51. The van der Waals surface area contributed by atoms with Crippen molar-refractivity contribution in [1.29, 1.82) is 0 Å². The van der Waals surface area contributed by atoms with Gasteiger partial charge in [-0.25, -0.2) is 4.98 Å². The lowest BCUT2D eigenvalue weighted by Crippen LogP contribution is -2.36. The molecule has 1 aromatic carbocycles. The zero-order valence-electron chi connectivity index (χ0n) is 14.0. The highest BCUT2D eigenvalue weighted by Gasteiger charge is 2.19. The summed E-state index contributed by atoms with van der Waals surface area (Å²) in [7, 11) is 1.74. The van der Waals surface area contributed by atoms with Crippen LogP contribution in [-0.4, -0.2) is 18.0 Å². The minimum Gasteiger partial charge on any atom is -0.443 e. The van der Waals surface area contributed by atoms with Crippen LogP contribution in [0.25, 0.3) is 0 Å². The van der Waals surface area contributed by atoms with Gasteiger partial charge in [0.2, 0.25) is 5.89 Å². The Bertz CT molecular complexity index is 673. The number of rotatable bonds is 4. The number of aliphatic imine (C=N–C) groups is 1. The molecule has 0 radical (unpaired) electrons. The number of oxazole rings is 1. The zero-order valence-corrected chi connectivity index (χ0v) is 15.6. The van der Waals surface area contributed by atoms with Crippen molar-refractivity contribution in [2.45, 2.75) is 39.3 Å². The summed E-state index contributed by atoms with van der Waals surface area (Å²) in [5.41, 5.74) is 1.14. The zero-order chi connectivity index (χ0) is 16.9. The van der Waals surface area contributed by atoms with E-state index in [1.807, 2.05) is 12.1 Å². The van der Waals surface area contributed by atoms with Gasteiger partial charge in [-0.15, -0.1) is 0 Å². The molecule has 23 heavy (non-hydrogen) atoms. The number of nitrogens with zero attached hydrogens (tertiary/aromatic N) is 2. The standard InChI is InChI=1S/C17H23BrN4O/c1-17(2,3)14-10-20-15(23-14)11-22-16(19-4)21-9-12-6-5-7-13(18)8-12/h5-8,10H,9,11H2,1-4H3,(H2,19,21,22). The molecular formula is C17H23BrN4O. The van der Waals surface area contributed by atoms with Crippen molar-refractivity contribution in [2.75, 3.05) is 7.05 Å². The first-order chi connectivity index (χ1) is 10.9. The Morgan fingerprint density at radius 2 is 2.00 bits per heavy atom. The van der Waals surface area contributed by atoms with E-state index in [-0.39, 0.29) is 5.41 Å². The molecule has 0 saturated carbocycles. The lowest BCUT2D eigenvalue weighted by molar-refractivity contribution is 0.379. The van der Waals surface area contributed by atoms with Gasteiger partial charge in [0.25, 0.3) is 0 Å². The van der Waals surface area contributed by atoms with Gasteiger partial charge in [-0.05, 0) is 17.7 Å². The van der Waals surface area contributed by atoms with Crippen LogP contribution in [0.5, 0.6) is 0 Å². The van der Waals surface area contributed by atoms with Crippen molar-refractivity contribution < 1.29 is 4.42 Å². The molecule has 2 N–H and O–H groups in total. The lowest BCUT2D eigenvalue weighted by Gasteiger charge is -2.13. The van der Waals surface area contributed by atoms with E-state index >= 15 is 0 Å². The monoisotopic (exact) mass is 378 g/mol. The van der Waals surface area contributed by atoms with Crippen LogP contribution < -0.4 is 10.6 Å². The number of halogens is 1. The molecule has 0 amide bonds. The molecule has 2 aromatic rings. The minimum absolute atomic E-state index is 0.0358. The molecule has 1 heterocycles. The first-order valence-electron chi connectivity index (χ1n) is 7.52. The third kappa shape index (κ3) is 5.39. The molecule has 0 aliphatic heterocycles. The third-order valence-electron chi connectivity index (χ3n) is 3.27. The smallest absolute Gasteiger partial charge is 0.213 e. The van der Waals surface area contributed by atoms with Crippen molar-refractivity contribution in [3.8, 4) is 0 Å². The third-order valence-corrected chi connectivity index (χ3v) is 3.77. The molecule has 0 fully saturated rings. The van der Waals surface area contributed by atoms with Gasteiger partial charge < -0.3 is 15.1 Å². The molecule has 0 bridgehead atoms. The van der Waals surface area contributed by atoms with Crippen LogP contribution >= 0.6 is 15.9 Å². The van der Waals surface area contributed by atoms with Crippen LogP contribution in [0, 0.1) is 0 Å². The fourth-order valence-corrected chi connectivity index (χ4v) is 2.40. The Balaban J connectivity index is 1.87. The van der Waals surface area contributed by atoms with Crippen molar-refractivity contribution in [3.05, 3.63) is 52.1 Å². The molecule has 0 unspecified atom stereocenters. The Morgan fingerprint density at radius 3 is 2.61 bits per heavy atom. The number of benzene rings is 1. The first-order valence-corrected chi connectivity index (χ1v) is 8.32. The lowest BCUT2D eigenvalue weighted by atomic mass is 9.94. The van der Waals surface area contributed by atoms with E-state index in [1.54, 1.807) is 13.2 Å². The van der Waals surface area contributed by atoms with E-state index in [1.165, 1.54) is 5.56 Å². The second kappa shape index (κ2) is 7.64. The van der Waals surface area contributed by atoms with Crippen LogP contribution in [0.3, 0.4) is 0 Å². The minimum atomic E-state index is -0.0358. The fourth-order valence-electron chi connectivity index (χ4n) is 1.95. The Morgan fingerprint density at radius 1 is 1.26 bits per heavy atom. The quantitative estimate of drug-likeness (QED) is 0.630. The van der Waals surface area contributed by atoms with Crippen LogP contribution in [-0.2, 0) is 18.5 Å². The van der Waals surface area contributed by atoms with Crippen LogP contribution in [0.1, 0.15) is 38.0 Å². The average molecular weight is 379 g/mol. The summed E-state index contributed by atoms with van der Waals surface area (Å²) >= 11 is 3.47. The number of nitrogens with one attached hydrogen (secondary N) is 2. The van der Waals surface area contributed by atoms with E-state index in [0.717, 1.165) is 10.2 Å². The molecule has 0 saturated heterocycles. The van der Waals surface area contributed by atoms with Gasteiger partial charge in [0.15, 0.2) is 5.96 Å². The molecular weight excluding hydrogens is 356 g/mol. The molecule has 6 heteroatoms. The number of hydrogen-bond acceptors (Lipinski definition) is 3. The highest BCUT2D eigenvalue weighted by molar-refractivity contribution is 9.10. The predicted molar refractivity (Wildman–Crippen MR) is 96.4 cm³/mol.